The molecule has 0 saturated carbocycles. The molecule has 0 unspecified atom stereocenters. The van der Waals surface area contributed by atoms with Crippen molar-refractivity contribution < 1.29 is 22.7 Å². The van der Waals surface area contributed by atoms with Gasteiger partial charge in [0.25, 0.3) is 0 Å². The highest BCUT2D eigenvalue weighted by molar-refractivity contribution is 7.92. The van der Waals surface area contributed by atoms with Crippen molar-refractivity contribution in [1.29, 1.82) is 0 Å². The molecule has 0 bridgehead atoms. The molecule has 170 valence electrons. The van der Waals surface area contributed by atoms with Crippen LogP contribution in [-0.4, -0.2) is 62.9 Å². The van der Waals surface area contributed by atoms with Crippen LogP contribution in [-0.2, 0) is 14.8 Å². The Morgan fingerprint density at radius 2 is 1.72 bits per heavy atom. The van der Waals surface area contributed by atoms with Crippen LogP contribution in [0.2, 0.25) is 0 Å². The van der Waals surface area contributed by atoms with E-state index >= 15 is 0 Å². The maximum Gasteiger partial charge on any atom is 0.236 e. The lowest BCUT2D eigenvalue weighted by molar-refractivity contribution is -0.136. The summed E-state index contributed by atoms with van der Waals surface area (Å²) in [4.78, 5) is 14.6. The number of fused-ring (bicyclic) bond motifs is 1. The number of carbonyl (C=O) groups excluding carboxylic acids is 1. The number of likely N-dealkylation sites (N-methyl/N-ethyl adjacent to an activating group) is 1. The number of para-hydroxylation sites is 2. The van der Waals surface area contributed by atoms with E-state index in [1.54, 1.807) is 18.0 Å². The lowest BCUT2D eigenvalue weighted by Gasteiger charge is -2.34. The van der Waals surface area contributed by atoms with Crippen molar-refractivity contribution in [2.24, 2.45) is 5.92 Å². The van der Waals surface area contributed by atoms with Crippen LogP contribution in [0.5, 0.6) is 11.5 Å². The van der Waals surface area contributed by atoms with Gasteiger partial charge in [0.1, 0.15) is 6.61 Å². The predicted molar refractivity (Wildman–Crippen MR) is 123 cm³/mol. The van der Waals surface area contributed by atoms with Crippen LogP contribution >= 0.6 is 0 Å². The zero-order chi connectivity index (χ0) is 22.6. The van der Waals surface area contributed by atoms with E-state index in [-0.39, 0.29) is 17.9 Å². The lowest BCUT2D eigenvalue weighted by atomic mass is 9.96. The number of carbonyl (C=O) groups is 1. The van der Waals surface area contributed by atoms with Crippen molar-refractivity contribution in [1.82, 2.24) is 9.21 Å². The van der Waals surface area contributed by atoms with E-state index in [0.717, 1.165) is 5.56 Å². The molecule has 1 saturated heterocycles. The van der Waals surface area contributed by atoms with Crippen LogP contribution < -0.4 is 9.47 Å². The van der Waals surface area contributed by atoms with Crippen molar-refractivity contribution in [2.45, 2.75) is 18.9 Å². The largest absolute Gasteiger partial charge is 0.486 e. The lowest BCUT2D eigenvalue weighted by Crippen LogP contribution is -2.46. The summed E-state index contributed by atoms with van der Waals surface area (Å²) in [6.45, 7) is 1.48. The SMILES string of the molecule is CN(C[C@H]1COc2ccccc2O1)C(=O)C1CCN(S(=O)(=O)/C=C\c2ccccc2)CC1. The Balaban J connectivity index is 1.28. The number of benzene rings is 2. The second kappa shape index (κ2) is 9.75. The first-order valence-corrected chi connectivity index (χ1v) is 12.3. The first-order chi connectivity index (χ1) is 15.4. The molecular formula is C24H28N2O5S. The molecule has 8 heteroatoms. The average Bonchev–Trinajstić information content (AvgIpc) is 2.83. The van der Waals surface area contributed by atoms with Gasteiger partial charge in [0.05, 0.1) is 6.54 Å². The summed E-state index contributed by atoms with van der Waals surface area (Å²) >= 11 is 0. The highest BCUT2D eigenvalue weighted by Crippen LogP contribution is 2.31. The minimum absolute atomic E-state index is 0.0179. The van der Waals surface area contributed by atoms with Crippen LogP contribution in [0.4, 0.5) is 0 Å². The zero-order valence-corrected chi connectivity index (χ0v) is 18.9. The summed E-state index contributed by atoms with van der Waals surface area (Å²) in [5.74, 6) is 1.23. The third-order valence-electron chi connectivity index (χ3n) is 5.82. The fourth-order valence-electron chi connectivity index (χ4n) is 4.03. The molecular weight excluding hydrogens is 428 g/mol. The van der Waals surface area contributed by atoms with Crippen molar-refractivity contribution in [2.75, 3.05) is 33.3 Å². The van der Waals surface area contributed by atoms with Gasteiger partial charge in [0, 0.05) is 31.5 Å². The molecule has 2 aliphatic rings. The number of ether oxygens (including phenoxy) is 2. The number of sulfonamides is 1. The minimum Gasteiger partial charge on any atom is -0.486 e. The van der Waals surface area contributed by atoms with Crippen LogP contribution in [0.15, 0.2) is 60.0 Å². The minimum atomic E-state index is -3.51. The Kier molecular flexibility index (Phi) is 6.81. The number of piperidine rings is 1. The molecule has 32 heavy (non-hydrogen) atoms. The highest BCUT2D eigenvalue weighted by atomic mass is 32.2. The van der Waals surface area contributed by atoms with E-state index in [1.165, 1.54) is 9.71 Å². The van der Waals surface area contributed by atoms with E-state index in [4.69, 9.17) is 9.47 Å². The molecule has 0 N–H and O–H groups in total. The standard InChI is InChI=1S/C24H28N2O5S/c1-25(17-21-18-30-22-9-5-6-10-23(22)31-21)24(27)20-11-14-26(15-12-20)32(28,29)16-13-19-7-3-2-4-8-19/h2-10,13,16,20-21H,11-12,14-15,17-18H2,1H3/b16-13-/t21-/m0/s1. The van der Waals surface area contributed by atoms with E-state index in [0.29, 0.717) is 50.6 Å². The Labute approximate surface area is 189 Å². The number of nitrogens with zero attached hydrogens (tertiary/aromatic N) is 2. The third-order valence-corrected chi connectivity index (χ3v) is 7.38. The maximum absolute atomic E-state index is 12.9. The maximum atomic E-state index is 12.9. The van der Waals surface area contributed by atoms with Gasteiger partial charge in [-0.05, 0) is 36.6 Å². The molecule has 1 atom stereocenters. The quantitative estimate of drug-likeness (QED) is 0.668. The molecule has 2 aromatic rings. The number of hydrogen-bond donors (Lipinski definition) is 0. The molecule has 2 aromatic carbocycles. The average molecular weight is 457 g/mol. The second-order valence-electron chi connectivity index (χ2n) is 8.15. The van der Waals surface area contributed by atoms with Gasteiger partial charge in [-0.1, -0.05) is 42.5 Å². The summed E-state index contributed by atoms with van der Waals surface area (Å²) in [6.07, 6.45) is 2.38. The Morgan fingerprint density at radius 1 is 1.06 bits per heavy atom. The number of rotatable bonds is 6. The van der Waals surface area contributed by atoms with E-state index in [1.807, 2.05) is 54.6 Å². The molecule has 1 fully saturated rings. The summed E-state index contributed by atoms with van der Waals surface area (Å²) < 4.78 is 38.4. The van der Waals surface area contributed by atoms with Gasteiger partial charge in [-0.15, -0.1) is 0 Å². The predicted octanol–water partition coefficient (Wildman–Crippen LogP) is 3.00. The monoisotopic (exact) mass is 456 g/mol. The Morgan fingerprint density at radius 3 is 2.44 bits per heavy atom. The number of hydrogen-bond acceptors (Lipinski definition) is 5. The van der Waals surface area contributed by atoms with Crippen LogP contribution in [0, 0.1) is 5.92 Å². The van der Waals surface area contributed by atoms with Crippen LogP contribution in [0.3, 0.4) is 0 Å². The van der Waals surface area contributed by atoms with Crippen LogP contribution in [0.25, 0.3) is 6.08 Å². The van der Waals surface area contributed by atoms with Crippen molar-refractivity contribution in [3.63, 3.8) is 0 Å². The molecule has 1 amide bonds. The molecule has 2 heterocycles. The molecule has 0 aromatic heterocycles. The normalized spacial score (nSPS) is 19.7. The van der Waals surface area contributed by atoms with Gasteiger partial charge in [0.2, 0.25) is 15.9 Å². The van der Waals surface area contributed by atoms with Gasteiger partial charge < -0.3 is 14.4 Å². The molecule has 0 radical (unpaired) electrons. The number of amides is 1. The van der Waals surface area contributed by atoms with E-state index < -0.39 is 10.0 Å². The van der Waals surface area contributed by atoms with Gasteiger partial charge >= 0.3 is 0 Å². The van der Waals surface area contributed by atoms with Crippen molar-refractivity contribution >= 4 is 22.0 Å². The first-order valence-electron chi connectivity index (χ1n) is 10.8. The third kappa shape index (κ3) is 5.31. The van der Waals surface area contributed by atoms with Crippen molar-refractivity contribution in [3.8, 4) is 11.5 Å². The fourth-order valence-corrected chi connectivity index (χ4v) is 5.25. The fraction of sp³-hybridized carbons (Fsp3) is 0.375. The van der Waals surface area contributed by atoms with E-state index in [9.17, 15) is 13.2 Å². The topological polar surface area (TPSA) is 76.2 Å². The molecule has 2 aliphatic heterocycles. The summed E-state index contributed by atoms with van der Waals surface area (Å²) in [7, 11) is -1.75. The second-order valence-corrected chi connectivity index (χ2v) is 9.97. The summed E-state index contributed by atoms with van der Waals surface area (Å²) in [5, 5.41) is 1.24. The van der Waals surface area contributed by atoms with E-state index in [2.05, 4.69) is 0 Å². The van der Waals surface area contributed by atoms with Gasteiger partial charge in [-0.3, -0.25) is 4.79 Å². The molecule has 0 aliphatic carbocycles. The highest BCUT2D eigenvalue weighted by Gasteiger charge is 2.32. The summed E-state index contributed by atoms with van der Waals surface area (Å²) in [6, 6.07) is 16.8. The zero-order valence-electron chi connectivity index (χ0n) is 18.1. The summed E-state index contributed by atoms with van der Waals surface area (Å²) in [5.41, 5.74) is 0.833. The van der Waals surface area contributed by atoms with Crippen molar-refractivity contribution in [3.05, 3.63) is 65.6 Å². The van der Waals surface area contributed by atoms with Gasteiger partial charge in [0.15, 0.2) is 17.6 Å². The van der Waals surface area contributed by atoms with Gasteiger partial charge in [-0.2, -0.15) is 4.31 Å². The molecule has 0 spiro atoms. The Bertz CT molecular complexity index is 1060. The smallest absolute Gasteiger partial charge is 0.236 e. The molecule has 4 rings (SSSR count). The van der Waals surface area contributed by atoms with Crippen LogP contribution in [0.1, 0.15) is 18.4 Å². The van der Waals surface area contributed by atoms with Gasteiger partial charge in [-0.25, -0.2) is 8.42 Å². The first kappa shape index (κ1) is 22.4. The molecule has 7 nitrogen and oxygen atoms in total. The Hall–Kier alpha value is -2.84.